The lowest BCUT2D eigenvalue weighted by Crippen LogP contribution is -2.38. The van der Waals surface area contributed by atoms with E-state index in [0.717, 1.165) is 60.1 Å². The third-order valence-corrected chi connectivity index (χ3v) is 5.24. The van der Waals surface area contributed by atoms with Crippen LogP contribution >= 0.6 is 0 Å². The average molecular weight is 368 g/mol. The molecule has 1 aliphatic heterocycles. The number of carbonyl (C=O) groups is 1. The Morgan fingerprint density at radius 2 is 2.11 bits per heavy atom. The Bertz CT molecular complexity index is 953. The van der Waals surface area contributed by atoms with Gasteiger partial charge in [-0.2, -0.15) is 9.61 Å². The molecular formula is C20H24N4O3. The molecule has 7 heteroatoms. The summed E-state index contributed by atoms with van der Waals surface area (Å²) in [5, 5.41) is 4.74. The normalized spacial score (nSPS) is 15.4. The number of anilines is 1. The molecule has 27 heavy (non-hydrogen) atoms. The number of hydrogen-bond acceptors (Lipinski definition) is 6. The summed E-state index contributed by atoms with van der Waals surface area (Å²) >= 11 is 0. The van der Waals surface area contributed by atoms with Crippen LogP contribution in [0.1, 0.15) is 31.0 Å². The summed E-state index contributed by atoms with van der Waals surface area (Å²) in [5.74, 6) is 1.67. The Morgan fingerprint density at radius 3 is 2.78 bits per heavy atom. The van der Waals surface area contributed by atoms with Crippen LogP contribution in [0.4, 0.5) is 5.82 Å². The molecule has 0 spiro atoms. The molecule has 0 aliphatic carbocycles. The number of ether oxygens (including phenoxy) is 1. The van der Waals surface area contributed by atoms with Crippen molar-refractivity contribution in [2.75, 3.05) is 24.6 Å². The zero-order valence-electron chi connectivity index (χ0n) is 15.9. The van der Waals surface area contributed by atoms with Crippen LogP contribution < -0.4 is 4.90 Å². The second kappa shape index (κ2) is 7.06. The van der Waals surface area contributed by atoms with E-state index in [2.05, 4.69) is 16.8 Å². The van der Waals surface area contributed by atoms with Crippen molar-refractivity contribution in [2.24, 2.45) is 5.92 Å². The summed E-state index contributed by atoms with van der Waals surface area (Å²) in [5.41, 5.74) is 3.65. The monoisotopic (exact) mass is 368 g/mol. The highest BCUT2D eigenvalue weighted by molar-refractivity contribution is 5.73. The summed E-state index contributed by atoms with van der Waals surface area (Å²) in [4.78, 5) is 19.0. The molecule has 1 saturated heterocycles. The number of rotatable bonds is 4. The van der Waals surface area contributed by atoms with Gasteiger partial charge in [-0.3, -0.25) is 4.79 Å². The number of aryl methyl sites for hydroxylation is 1. The Kier molecular flexibility index (Phi) is 4.59. The first-order chi connectivity index (χ1) is 13.1. The van der Waals surface area contributed by atoms with Crippen molar-refractivity contribution in [3.63, 3.8) is 0 Å². The van der Waals surface area contributed by atoms with E-state index in [1.54, 1.807) is 6.26 Å². The number of furan rings is 1. The van der Waals surface area contributed by atoms with E-state index in [1.165, 1.54) is 0 Å². The molecule has 4 heterocycles. The number of fused-ring (bicyclic) bond motifs is 1. The fourth-order valence-corrected chi connectivity index (χ4v) is 3.69. The van der Waals surface area contributed by atoms with Crippen molar-refractivity contribution in [2.45, 2.75) is 33.6 Å². The molecule has 3 aromatic heterocycles. The standard InChI is InChI=1S/C20H24N4O3/c1-4-26-20(25)15-7-9-23(10-8-15)19-13(2)14(3)21-18-12-16(22-24(18)19)17-6-5-11-27-17/h5-6,11-12,15H,4,7-10H2,1-3H3. The lowest BCUT2D eigenvalue weighted by molar-refractivity contribution is -0.148. The van der Waals surface area contributed by atoms with Crippen molar-refractivity contribution >= 4 is 17.4 Å². The fourth-order valence-electron chi connectivity index (χ4n) is 3.69. The van der Waals surface area contributed by atoms with Gasteiger partial charge in [0.15, 0.2) is 11.4 Å². The first kappa shape index (κ1) is 17.6. The van der Waals surface area contributed by atoms with Crippen molar-refractivity contribution < 1.29 is 13.9 Å². The van der Waals surface area contributed by atoms with E-state index < -0.39 is 0 Å². The molecule has 0 atom stereocenters. The zero-order valence-corrected chi connectivity index (χ0v) is 15.9. The summed E-state index contributed by atoms with van der Waals surface area (Å²) in [6, 6.07) is 5.69. The van der Waals surface area contributed by atoms with Gasteiger partial charge in [-0.15, -0.1) is 0 Å². The number of hydrogen-bond donors (Lipinski definition) is 0. The van der Waals surface area contributed by atoms with Gasteiger partial charge in [0.05, 0.1) is 18.8 Å². The SMILES string of the molecule is CCOC(=O)C1CCN(c2c(C)c(C)nc3cc(-c4ccco4)nn23)CC1. The highest BCUT2D eigenvalue weighted by atomic mass is 16.5. The Balaban J connectivity index is 1.67. The predicted molar refractivity (Wildman–Crippen MR) is 102 cm³/mol. The molecule has 0 saturated carbocycles. The van der Waals surface area contributed by atoms with Crippen LogP contribution in [-0.4, -0.2) is 40.3 Å². The van der Waals surface area contributed by atoms with E-state index in [1.807, 2.05) is 36.6 Å². The van der Waals surface area contributed by atoms with Crippen LogP contribution in [0.15, 0.2) is 28.9 Å². The van der Waals surface area contributed by atoms with E-state index >= 15 is 0 Å². The average Bonchev–Trinajstić information content (AvgIpc) is 3.32. The molecule has 3 aromatic rings. The molecule has 0 N–H and O–H groups in total. The molecule has 142 valence electrons. The minimum atomic E-state index is -0.0795. The van der Waals surface area contributed by atoms with Crippen LogP contribution in [-0.2, 0) is 9.53 Å². The molecule has 0 bridgehead atoms. The number of aromatic nitrogens is 3. The summed E-state index contributed by atoms with van der Waals surface area (Å²) in [7, 11) is 0. The van der Waals surface area contributed by atoms with Gasteiger partial charge in [-0.05, 0) is 45.7 Å². The van der Waals surface area contributed by atoms with Crippen LogP contribution in [0.25, 0.3) is 17.1 Å². The van der Waals surface area contributed by atoms with E-state index in [9.17, 15) is 4.79 Å². The van der Waals surface area contributed by atoms with E-state index in [0.29, 0.717) is 6.61 Å². The van der Waals surface area contributed by atoms with Gasteiger partial charge in [0, 0.05) is 30.4 Å². The highest BCUT2D eigenvalue weighted by Gasteiger charge is 2.28. The fraction of sp³-hybridized carbons (Fsp3) is 0.450. The van der Waals surface area contributed by atoms with Gasteiger partial charge in [0.2, 0.25) is 0 Å². The molecule has 1 fully saturated rings. The molecule has 4 rings (SSSR count). The smallest absolute Gasteiger partial charge is 0.309 e. The van der Waals surface area contributed by atoms with Crippen molar-refractivity contribution in [3.05, 3.63) is 35.7 Å². The van der Waals surface area contributed by atoms with E-state index in [-0.39, 0.29) is 11.9 Å². The Hall–Kier alpha value is -2.83. The number of esters is 1. The van der Waals surface area contributed by atoms with Crippen LogP contribution in [0, 0.1) is 19.8 Å². The first-order valence-corrected chi connectivity index (χ1v) is 9.41. The molecule has 0 radical (unpaired) electrons. The summed E-state index contributed by atoms with van der Waals surface area (Å²) < 4.78 is 12.6. The summed E-state index contributed by atoms with van der Waals surface area (Å²) in [6.07, 6.45) is 3.21. The van der Waals surface area contributed by atoms with Crippen LogP contribution in [0.3, 0.4) is 0 Å². The lowest BCUT2D eigenvalue weighted by atomic mass is 9.96. The zero-order chi connectivity index (χ0) is 19.0. The molecule has 1 aliphatic rings. The largest absolute Gasteiger partial charge is 0.466 e. The van der Waals surface area contributed by atoms with Gasteiger partial charge < -0.3 is 14.1 Å². The highest BCUT2D eigenvalue weighted by Crippen LogP contribution is 2.30. The molecule has 0 unspecified atom stereocenters. The molecule has 0 aromatic carbocycles. The van der Waals surface area contributed by atoms with Gasteiger partial charge >= 0.3 is 5.97 Å². The van der Waals surface area contributed by atoms with Gasteiger partial charge in [-0.25, -0.2) is 4.98 Å². The minimum absolute atomic E-state index is 0.0174. The van der Waals surface area contributed by atoms with Crippen LogP contribution in [0.2, 0.25) is 0 Å². The van der Waals surface area contributed by atoms with Crippen molar-refractivity contribution in [3.8, 4) is 11.5 Å². The Morgan fingerprint density at radius 1 is 1.33 bits per heavy atom. The third kappa shape index (κ3) is 3.18. The quantitative estimate of drug-likeness (QED) is 0.657. The molecule has 7 nitrogen and oxygen atoms in total. The van der Waals surface area contributed by atoms with Crippen LogP contribution in [0.5, 0.6) is 0 Å². The maximum absolute atomic E-state index is 12.0. The Labute approximate surface area is 157 Å². The first-order valence-electron chi connectivity index (χ1n) is 9.41. The third-order valence-electron chi connectivity index (χ3n) is 5.24. The van der Waals surface area contributed by atoms with Crippen molar-refractivity contribution in [1.82, 2.24) is 14.6 Å². The number of nitrogens with zero attached hydrogens (tertiary/aromatic N) is 4. The maximum atomic E-state index is 12.0. The number of carbonyl (C=O) groups excluding carboxylic acids is 1. The summed E-state index contributed by atoms with van der Waals surface area (Å²) in [6.45, 7) is 7.95. The van der Waals surface area contributed by atoms with Gasteiger partial charge in [0.25, 0.3) is 0 Å². The van der Waals surface area contributed by atoms with Crippen molar-refractivity contribution in [1.29, 1.82) is 0 Å². The number of piperidine rings is 1. The minimum Gasteiger partial charge on any atom is -0.466 e. The topological polar surface area (TPSA) is 72.9 Å². The van der Waals surface area contributed by atoms with Gasteiger partial charge in [0.1, 0.15) is 11.5 Å². The van der Waals surface area contributed by atoms with Gasteiger partial charge in [-0.1, -0.05) is 0 Å². The maximum Gasteiger partial charge on any atom is 0.309 e. The molecule has 0 amide bonds. The lowest BCUT2D eigenvalue weighted by Gasteiger charge is -2.33. The second-order valence-electron chi connectivity index (χ2n) is 6.94. The molecular weight excluding hydrogens is 344 g/mol. The van der Waals surface area contributed by atoms with E-state index in [4.69, 9.17) is 14.3 Å². The second-order valence-corrected chi connectivity index (χ2v) is 6.94. The predicted octanol–water partition coefficient (Wildman–Crippen LogP) is 3.39.